The fourth-order valence-corrected chi connectivity index (χ4v) is 1.63. The lowest BCUT2D eigenvalue weighted by molar-refractivity contribution is 0.0598. The maximum atomic E-state index is 13.5. The van der Waals surface area contributed by atoms with Gasteiger partial charge in [-0.2, -0.15) is 0 Å². The molecule has 17 heavy (non-hydrogen) atoms. The Hall–Kier alpha value is -1.24. The van der Waals surface area contributed by atoms with Gasteiger partial charge in [0.1, 0.15) is 6.61 Å². The van der Waals surface area contributed by atoms with Crippen LogP contribution in [0.3, 0.4) is 0 Å². The molecule has 0 heterocycles. The van der Waals surface area contributed by atoms with Gasteiger partial charge in [-0.1, -0.05) is 0 Å². The first-order chi connectivity index (χ1) is 7.95. The number of benzene rings is 1. The number of alkyl halides is 2. The van der Waals surface area contributed by atoms with Crippen LogP contribution in [0.1, 0.15) is 10.4 Å². The highest BCUT2D eigenvalue weighted by Crippen LogP contribution is 2.30. The Balaban J connectivity index is 2.98. The minimum Gasteiger partial charge on any atom is -0.483 e. The third-order valence-electron chi connectivity index (χ3n) is 1.77. The Bertz CT molecular complexity index is 400. The number of ether oxygens (including phenoxy) is 2. The van der Waals surface area contributed by atoms with Crippen molar-refractivity contribution < 1.29 is 27.4 Å². The molecule has 0 spiro atoms. The zero-order valence-electron chi connectivity index (χ0n) is 8.68. The number of hydrogen-bond acceptors (Lipinski definition) is 3. The number of methoxy groups -OCH3 is 1. The summed E-state index contributed by atoms with van der Waals surface area (Å²) in [5.74, 6) is -2.01. The lowest BCUT2D eigenvalue weighted by Crippen LogP contribution is -2.09. The Morgan fingerprint density at radius 1 is 1.47 bits per heavy atom. The number of carbonyl (C=O) groups excluding carboxylic acids is 1. The molecule has 0 bridgehead atoms. The first kappa shape index (κ1) is 13.8. The van der Waals surface area contributed by atoms with Gasteiger partial charge in [0, 0.05) is 0 Å². The molecule has 1 aromatic carbocycles. The zero-order valence-corrected chi connectivity index (χ0v) is 10.3. The quantitative estimate of drug-likeness (QED) is 0.802. The molecule has 1 aromatic rings. The van der Waals surface area contributed by atoms with Crippen LogP contribution in [0.5, 0.6) is 5.75 Å². The van der Waals surface area contributed by atoms with Gasteiger partial charge in [0.05, 0.1) is 17.1 Å². The monoisotopic (exact) mass is 312 g/mol. The van der Waals surface area contributed by atoms with Crippen LogP contribution < -0.4 is 4.74 Å². The first-order valence-corrected chi connectivity index (χ1v) is 5.23. The summed E-state index contributed by atoms with van der Waals surface area (Å²) in [6.45, 7) is -0.924. The average Bonchev–Trinajstić information content (AvgIpc) is 2.26. The molecule has 94 valence electrons. The average molecular weight is 313 g/mol. The van der Waals surface area contributed by atoms with Crippen molar-refractivity contribution >= 4 is 21.9 Å². The molecule has 0 unspecified atom stereocenters. The van der Waals surface area contributed by atoms with Crippen LogP contribution in [-0.4, -0.2) is 26.1 Å². The van der Waals surface area contributed by atoms with Gasteiger partial charge in [0.2, 0.25) is 0 Å². The van der Waals surface area contributed by atoms with Gasteiger partial charge in [-0.25, -0.2) is 18.0 Å². The maximum absolute atomic E-state index is 13.5. The largest absolute Gasteiger partial charge is 0.483 e. The second-order valence-electron chi connectivity index (χ2n) is 2.96. The lowest BCUT2D eigenvalue weighted by Gasteiger charge is -2.10. The van der Waals surface area contributed by atoms with E-state index >= 15 is 0 Å². The molecule has 0 saturated carbocycles. The van der Waals surface area contributed by atoms with E-state index in [9.17, 15) is 18.0 Å². The third kappa shape index (κ3) is 3.62. The van der Waals surface area contributed by atoms with Crippen molar-refractivity contribution in [2.75, 3.05) is 13.7 Å². The molecular formula is C10H8BrF3O3. The zero-order chi connectivity index (χ0) is 13.0. The molecule has 0 aliphatic carbocycles. The Kier molecular flexibility index (Phi) is 4.80. The summed E-state index contributed by atoms with van der Waals surface area (Å²) < 4.78 is 46.3. The van der Waals surface area contributed by atoms with Gasteiger partial charge in [0.25, 0.3) is 6.43 Å². The molecule has 0 N–H and O–H groups in total. The van der Waals surface area contributed by atoms with Crippen LogP contribution in [0.2, 0.25) is 0 Å². The molecule has 1 rings (SSSR count). The van der Waals surface area contributed by atoms with Crippen molar-refractivity contribution in [2.45, 2.75) is 6.43 Å². The van der Waals surface area contributed by atoms with E-state index in [0.29, 0.717) is 0 Å². The number of halogens is 4. The molecule has 0 radical (unpaired) electrons. The molecule has 3 nitrogen and oxygen atoms in total. The van der Waals surface area contributed by atoms with Crippen molar-refractivity contribution in [3.8, 4) is 5.75 Å². The number of esters is 1. The van der Waals surface area contributed by atoms with E-state index in [2.05, 4.69) is 25.4 Å². The summed E-state index contributed by atoms with van der Waals surface area (Å²) in [6, 6.07) is 2.09. The van der Waals surface area contributed by atoms with Crippen molar-refractivity contribution in [2.24, 2.45) is 0 Å². The molecule has 0 fully saturated rings. The Morgan fingerprint density at radius 2 is 2.12 bits per heavy atom. The molecule has 0 aliphatic heterocycles. The highest BCUT2D eigenvalue weighted by atomic mass is 79.9. The van der Waals surface area contributed by atoms with E-state index in [1.165, 1.54) is 6.07 Å². The molecule has 0 aromatic heterocycles. The highest BCUT2D eigenvalue weighted by Gasteiger charge is 2.16. The van der Waals surface area contributed by atoms with Crippen molar-refractivity contribution in [1.82, 2.24) is 0 Å². The normalized spacial score (nSPS) is 10.5. The smallest absolute Gasteiger partial charge is 0.337 e. The Morgan fingerprint density at radius 3 is 2.59 bits per heavy atom. The standard InChI is InChI=1S/C10H8BrF3O3/c1-16-10(15)5-2-6(11)9(7(12)3-5)17-4-8(13)14/h2-3,8H,4H2,1H3. The van der Waals surface area contributed by atoms with Crippen LogP contribution in [0.15, 0.2) is 16.6 Å². The van der Waals surface area contributed by atoms with Gasteiger partial charge in [-0.05, 0) is 28.1 Å². The molecular weight excluding hydrogens is 305 g/mol. The van der Waals surface area contributed by atoms with Crippen molar-refractivity contribution in [3.05, 3.63) is 28.0 Å². The van der Waals surface area contributed by atoms with E-state index in [1.807, 2.05) is 0 Å². The molecule has 0 amide bonds. The molecule has 7 heteroatoms. The topological polar surface area (TPSA) is 35.5 Å². The predicted molar refractivity (Wildman–Crippen MR) is 56.9 cm³/mol. The summed E-state index contributed by atoms with van der Waals surface area (Å²) in [7, 11) is 1.15. The van der Waals surface area contributed by atoms with E-state index < -0.39 is 24.8 Å². The van der Waals surface area contributed by atoms with Gasteiger partial charge in [-0.3, -0.25) is 0 Å². The number of hydrogen-bond donors (Lipinski definition) is 0. The van der Waals surface area contributed by atoms with Crippen molar-refractivity contribution in [3.63, 3.8) is 0 Å². The van der Waals surface area contributed by atoms with E-state index in [0.717, 1.165) is 13.2 Å². The fourth-order valence-electron chi connectivity index (χ4n) is 1.08. The summed E-state index contributed by atoms with van der Waals surface area (Å²) in [6.07, 6.45) is -2.71. The predicted octanol–water partition coefficient (Wildman–Crippen LogP) is 3.02. The van der Waals surface area contributed by atoms with Crippen LogP contribution in [0.4, 0.5) is 13.2 Å². The highest BCUT2D eigenvalue weighted by molar-refractivity contribution is 9.10. The maximum Gasteiger partial charge on any atom is 0.337 e. The van der Waals surface area contributed by atoms with Gasteiger partial charge < -0.3 is 9.47 Å². The van der Waals surface area contributed by atoms with Gasteiger partial charge >= 0.3 is 5.97 Å². The summed E-state index contributed by atoms with van der Waals surface area (Å²) in [5, 5.41) is 0. The van der Waals surface area contributed by atoms with Crippen LogP contribution >= 0.6 is 15.9 Å². The summed E-state index contributed by atoms with van der Waals surface area (Å²) >= 11 is 2.93. The van der Waals surface area contributed by atoms with E-state index in [4.69, 9.17) is 0 Å². The first-order valence-electron chi connectivity index (χ1n) is 4.44. The van der Waals surface area contributed by atoms with E-state index in [-0.39, 0.29) is 15.8 Å². The van der Waals surface area contributed by atoms with Crippen molar-refractivity contribution in [1.29, 1.82) is 0 Å². The molecule has 0 aliphatic rings. The number of rotatable bonds is 4. The van der Waals surface area contributed by atoms with Gasteiger partial charge in [-0.15, -0.1) is 0 Å². The SMILES string of the molecule is COC(=O)c1cc(F)c(OCC(F)F)c(Br)c1. The lowest BCUT2D eigenvalue weighted by atomic mass is 10.2. The minimum atomic E-state index is -2.71. The molecule has 0 saturated heterocycles. The number of carbonyl (C=O) groups is 1. The van der Waals surface area contributed by atoms with Gasteiger partial charge in [0.15, 0.2) is 11.6 Å². The summed E-state index contributed by atoms with van der Waals surface area (Å²) in [5.41, 5.74) is -0.0405. The van der Waals surface area contributed by atoms with Crippen LogP contribution in [0, 0.1) is 5.82 Å². The minimum absolute atomic E-state index is 0.0405. The summed E-state index contributed by atoms with van der Waals surface area (Å²) in [4.78, 5) is 11.1. The second kappa shape index (κ2) is 5.90. The molecule has 0 atom stereocenters. The second-order valence-corrected chi connectivity index (χ2v) is 3.82. The fraction of sp³-hybridized carbons (Fsp3) is 0.300. The Labute approximate surface area is 104 Å². The third-order valence-corrected chi connectivity index (χ3v) is 2.36. The van der Waals surface area contributed by atoms with Crippen LogP contribution in [-0.2, 0) is 4.74 Å². The van der Waals surface area contributed by atoms with Crippen LogP contribution in [0.25, 0.3) is 0 Å². The van der Waals surface area contributed by atoms with E-state index in [1.54, 1.807) is 0 Å².